The topological polar surface area (TPSA) is 86.5 Å². The Bertz CT molecular complexity index is 1310. The van der Waals surface area contributed by atoms with Gasteiger partial charge in [0.25, 0.3) is 0 Å². The number of benzene rings is 2. The van der Waals surface area contributed by atoms with E-state index >= 15 is 0 Å². The lowest BCUT2D eigenvalue weighted by Gasteiger charge is -2.26. The Labute approximate surface area is 204 Å². The fourth-order valence-electron chi connectivity index (χ4n) is 4.05. The van der Waals surface area contributed by atoms with Crippen LogP contribution in [0.5, 0.6) is 5.75 Å². The van der Waals surface area contributed by atoms with Gasteiger partial charge in [-0.25, -0.2) is 0 Å². The zero-order chi connectivity index (χ0) is 26.4. The van der Waals surface area contributed by atoms with Crippen molar-refractivity contribution < 1.29 is 45.7 Å². The summed E-state index contributed by atoms with van der Waals surface area (Å²) in [6.45, 7) is 1.38. The van der Waals surface area contributed by atoms with Gasteiger partial charge in [-0.3, -0.25) is 9.36 Å². The third kappa shape index (κ3) is 4.72. The van der Waals surface area contributed by atoms with Crippen molar-refractivity contribution in [2.45, 2.75) is 37.9 Å². The van der Waals surface area contributed by atoms with Crippen LogP contribution in [0.25, 0.3) is 5.69 Å². The SMILES string of the molecule is CCOc1cccc([C@H]2O[C@H](CC(=O)O)c3nnc(C(F)(F)F)n3-c3ccc(Cl)cc32)c1C(F)(F)F. The minimum Gasteiger partial charge on any atom is -0.493 e. The zero-order valence-corrected chi connectivity index (χ0v) is 18.9. The van der Waals surface area contributed by atoms with E-state index in [2.05, 4.69) is 10.2 Å². The lowest BCUT2D eigenvalue weighted by Crippen LogP contribution is -2.19. The second kappa shape index (κ2) is 9.28. The van der Waals surface area contributed by atoms with Crippen molar-refractivity contribution in [3.8, 4) is 11.4 Å². The second-order valence-electron chi connectivity index (χ2n) is 7.67. The number of alkyl halides is 6. The van der Waals surface area contributed by atoms with E-state index in [-0.39, 0.29) is 22.9 Å². The molecule has 0 amide bonds. The summed E-state index contributed by atoms with van der Waals surface area (Å²) in [7, 11) is 0. The highest BCUT2D eigenvalue weighted by molar-refractivity contribution is 6.30. The third-order valence-corrected chi connectivity index (χ3v) is 5.56. The van der Waals surface area contributed by atoms with Crippen molar-refractivity contribution in [3.63, 3.8) is 0 Å². The molecule has 0 radical (unpaired) electrons. The summed E-state index contributed by atoms with van der Waals surface area (Å²) < 4.78 is 95.7. The largest absolute Gasteiger partial charge is 0.493 e. The minimum absolute atomic E-state index is 0.00302. The molecular weight excluding hydrogens is 520 g/mol. The lowest BCUT2D eigenvalue weighted by molar-refractivity contribution is -0.146. The van der Waals surface area contributed by atoms with Crippen LogP contribution >= 0.6 is 11.6 Å². The third-order valence-electron chi connectivity index (χ3n) is 5.33. The van der Waals surface area contributed by atoms with Crippen molar-refractivity contribution in [3.05, 3.63) is 69.8 Å². The molecule has 7 nitrogen and oxygen atoms in total. The van der Waals surface area contributed by atoms with Gasteiger partial charge in [-0.2, -0.15) is 26.3 Å². The van der Waals surface area contributed by atoms with Gasteiger partial charge in [0.05, 0.1) is 18.7 Å². The van der Waals surface area contributed by atoms with Crippen LogP contribution in [0.2, 0.25) is 5.02 Å². The molecule has 2 heterocycles. The number of hydrogen-bond acceptors (Lipinski definition) is 5. The zero-order valence-electron chi connectivity index (χ0n) is 18.2. The number of fused-ring (bicyclic) bond motifs is 3. The van der Waals surface area contributed by atoms with Gasteiger partial charge in [0.1, 0.15) is 23.5 Å². The number of rotatable bonds is 5. The van der Waals surface area contributed by atoms with Crippen LogP contribution in [-0.4, -0.2) is 32.4 Å². The molecular formula is C22H16ClF6N3O4. The van der Waals surface area contributed by atoms with Gasteiger partial charge in [-0.15, -0.1) is 10.2 Å². The maximum absolute atomic E-state index is 14.2. The lowest BCUT2D eigenvalue weighted by atomic mass is 9.94. The van der Waals surface area contributed by atoms with Gasteiger partial charge in [0, 0.05) is 16.1 Å². The molecule has 0 fully saturated rings. The van der Waals surface area contributed by atoms with Crippen LogP contribution in [0.15, 0.2) is 36.4 Å². The van der Waals surface area contributed by atoms with Crippen molar-refractivity contribution in [2.75, 3.05) is 6.61 Å². The van der Waals surface area contributed by atoms with Crippen molar-refractivity contribution in [2.24, 2.45) is 0 Å². The molecule has 14 heteroatoms. The molecule has 192 valence electrons. The average Bonchev–Trinajstić information content (AvgIpc) is 3.16. The van der Waals surface area contributed by atoms with E-state index in [1.807, 2.05) is 0 Å². The van der Waals surface area contributed by atoms with Gasteiger partial charge in [-0.05, 0) is 31.2 Å². The summed E-state index contributed by atoms with van der Waals surface area (Å²) >= 11 is 6.09. The van der Waals surface area contributed by atoms with Gasteiger partial charge < -0.3 is 14.6 Å². The van der Waals surface area contributed by atoms with E-state index in [1.165, 1.54) is 19.1 Å². The number of hydrogen-bond donors (Lipinski definition) is 1. The summed E-state index contributed by atoms with van der Waals surface area (Å²) in [6, 6.07) is 6.98. The monoisotopic (exact) mass is 535 g/mol. The number of aliphatic carboxylic acids is 1. The van der Waals surface area contributed by atoms with E-state index in [4.69, 9.17) is 21.1 Å². The fraction of sp³-hybridized carbons (Fsp3) is 0.318. The predicted molar refractivity (Wildman–Crippen MR) is 112 cm³/mol. The van der Waals surface area contributed by atoms with E-state index in [0.717, 1.165) is 24.3 Å². The molecule has 36 heavy (non-hydrogen) atoms. The molecule has 3 aromatic rings. The molecule has 2 aromatic carbocycles. The number of carboxylic acid groups (broad SMARTS) is 1. The Morgan fingerprint density at radius 3 is 2.44 bits per heavy atom. The van der Waals surface area contributed by atoms with E-state index in [0.29, 0.717) is 4.57 Å². The van der Waals surface area contributed by atoms with Gasteiger partial charge >= 0.3 is 18.3 Å². The number of ether oxygens (including phenoxy) is 2. The Morgan fingerprint density at radius 1 is 1.11 bits per heavy atom. The number of carboxylic acids is 1. The molecule has 1 N–H and O–H groups in total. The normalized spacial score (nSPS) is 17.8. The fourth-order valence-corrected chi connectivity index (χ4v) is 4.23. The maximum Gasteiger partial charge on any atom is 0.452 e. The summed E-state index contributed by atoms with van der Waals surface area (Å²) in [4.78, 5) is 11.5. The van der Waals surface area contributed by atoms with Crippen molar-refractivity contribution >= 4 is 17.6 Å². The Kier molecular flexibility index (Phi) is 6.64. The average molecular weight is 536 g/mol. The first-order valence-corrected chi connectivity index (χ1v) is 10.7. The Balaban J connectivity index is 2.06. The van der Waals surface area contributed by atoms with Crippen LogP contribution in [0, 0.1) is 0 Å². The Morgan fingerprint density at radius 2 is 1.83 bits per heavy atom. The van der Waals surface area contributed by atoms with E-state index in [9.17, 15) is 36.2 Å². The molecule has 0 saturated heterocycles. The first kappa shape index (κ1) is 25.8. The van der Waals surface area contributed by atoms with Crippen LogP contribution in [0.1, 0.15) is 53.9 Å². The molecule has 0 saturated carbocycles. The van der Waals surface area contributed by atoms with Crippen LogP contribution in [0.3, 0.4) is 0 Å². The van der Waals surface area contributed by atoms with Crippen molar-refractivity contribution in [1.82, 2.24) is 14.8 Å². The number of aromatic nitrogens is 3. The van der Waals surface area contributed by atoms with Crippen molar-refractivity contribution in [1.29, 1.82) is 0 Å². The van der Waals surface area contributed by atoms with E-state index < -0.39 is 65.5 Å². The highest BCUT2D eigenvalue weighted by Crippen LogP contribution is 2.48. The smallest absolute Gasteiger partial charge is 0.452 e. The van der Waals surface area contributed by atoms with Gasteiger partial charge in [0.2, 0.25) is 5.82 Å². The molecule has 1 aliphatic heterocycles. The highest BCUT2D eigenvalue weighted by Gasteiger charge is 2.45. The second-order valence-corrected chi connectivity index (χ2v) is 8.11. The minimum atomic E-state index is -5.03. The number of carbonyl (C=O) groups is 1. The molecule has 0 spiro atoms. The van der Waals surface area contributed by atoms with Gasteiger partial charge in [0.15, 0.2) is 5.82 Å². The molecule has 4 rings (SSSR count). The quantitative estimate of drug-likeness (QED) is 0.404. The molecule has 2 atom stereocenters. The first-order valence-electron chi connectivity index (χ1n) is 10.3. The first-order chi connectivity index (χ1) is 16.8. The van der Waals surface area contributed by atoms with Crippen LogP contribution in [0.4, 0.5) is 26.3 Å². The molecule has 0 unspecified atom stereocenters. The summed E-state index contributed by atoms with van der Waals surface area (Å²) in [5.74, 6) is -4.04. The van der Waals surface area contributed by atoms with E-state index in [1.54, 1.807) is 0 Å². The number of halogens is 7. The van der Waals surface area contributed by atoms with Crippen LogP contribution in [-0.2, 0) is 21.9 Å². The molecule has 0 bridgehead atoms. The molecule has 1 aliphatic rings. The predicted octanol–water partition coefficient (Wildman–Crippen LogP) is 5.99. The summed E-state index contributed by atoms with van der Waals surface area (Å²) in [5, 5.41) is 16.1. The maximum atomic E-state index is 14.2. The van der Waals surface area contributed by atoms with Gasteiger partial charge in [-0.1, -0.05) is 23.7 Å². The highest BCUT2D eigenvalue weighted by atomic mass is 35.5. The standard InChI is InChI=1S/C22H16ClF6N3O4/c1-2-35-14-5-3-4-11(17(14)21(24,25)26)18-12-8-10(23)6-7-13(12)32-19(15(36-18)9-16(33)34)30-31-20(32)22(27,28)29/h3-8,15,18H,2,9H2,1H3,(H,33,34)/t15-,18-/m1/s1. The molecule has 1 aromatic heterocycles. The van der Waals surface area contributed by atoms with Crippen LogP contribution < -0.4 is 4.74 Å². The summed E-state index contributed by atoms with van der Waals surface area (Å²) in [5.41, 5.74) is -2.16. The summed E-state index contributed by atoms with van der Waals surface area (Å²) in [6.07, 6.45) is -14.3. The Hall–Kier alpha value is -3.32. The molecule has 0 aliphatic carbocycles. The number of nitrogens with zero attached hydrogens (tertiary/aromatic N) is 3.